The average molecular weight is 369 g/mol. The maximum Gasteiger partial charge on any atom is 0.293 e. The van der Waals surface area contributed by atoms with Gasteiger partial charge in [-0.1, -0.05) is 29.3 Å². The predicted octanol–water partition coefficient (Wildman–Crippen LogP) is 4.54. The van der Waals surface area contributed by atoms with E-state index in [1.54, 1.807) is 26.0 Å². The van der Waals surface area contributed by atoms with Crippen LogP contribution in [0.1, 0.15) is 11.1 Å². The molecule has 1 amide bonds. The molecule has 0 heterocycles. The zero-order valence-corrected chi connectivity index (χ0v) is 14.4. The van der Waals surface area contributed by atoms with Crippen molar-refractivity contribution >= 4 is 40.5 Å². The maximum absolute atomic E-state index is 12.0. The Kier molecular flexibility index (Phi) is 5.64. The Morgan fingerprint density at radius 3 is 2.58 bits per heavy atom. The SMILES string of the molecule is Cc1ccc(NC(=O)COc2c(C)cc(Cl)cc2Cl)c([N+](=O)[O-])c1. The summed E-state index contributed by atoms with van der Waals surface area (Å²) in [5.41, 5.74) is 1.34. The van der Waals surface area contributed by atoms with Gasteiger partial charge in [-0.15, -0.1) is 0 Å². The molecule has 8 heteroatoms. The monoisotopic (exact) mass is 368 g/mol. The van der Waals surface area contributed by atoms with Gasteiger partial charge in [0.05, 0.1) is 9.95 Å². The number of nitro groups is 1. The first-order valence-corrected chi connectivity index (χ1v) is 7.67. The molecular weight excluding hydrogens is 355 g/mol. The summed E-state index contributed by atoms with van der Waals surface area (Å²) < 4.78 is 5.41. The number of rotatable bonds is 5. The number of nitro benzene ring substituents is 1. The first-order chi connectivity index (χ1) is 11.3. The summed E-state index contributed by atoms with van der Waals surface area (Å²) in [6, 6.07) is 7.70. The number of benzene rings is 2. The van der Waals surface area contributed by atoms with E-state index in [0.29, 0.717) is 16.3 Å². The van der Waals surface area contributed by atoms with Gasteiger partial charge in [0.15, 0.2) is 6.61 Å². The standard InChI is InChI=1S/C16H14Cl2N2O4/c1-9-3-4-13(14(5-9)20(22)23)19-15(21)8-24-16-10(2)6-11(17)7-12(16)18/h3-7H,8H2,1-2H3,(H,19,21). The molecule has 0 saturated carbocycles. The third-order valence-electron chi connectivity index (χ3n) is 3.17. The Morgan fingerprint density at radius 1 is 1.25 bits per heavy atom. The summed E-state index contributed by atoms with van der Waals surface area (Å²) in [6.07, 6.45) is 0. The van der Waals surface area contributed by atoms with Crippen molar-refractivity contribution in [3.63, 3.8) is 0 Å². The number of hydrogen-bond donors (Lipinski definition) is 1. The predicted molar refractivity (Wildman–Crippen MR) is 93.2 cm³/mol. The van der Waals surface area contributed by atoms with Crippen LogP contribution < -0.4 is 10.1 Å². The Bertz CT molecular complexity index is 786. The molecule has 0 radical (unpaired) electrons. The summed E-state index contributed by atoms with van der Waals surface area (Å²) in [6.45, 7) is 3.13. The van der Waals surface area contributed by atoms with Gasteiger partial charge >= 0.3 is 0 Å². The number of halogens is 2. The van der Waals surface area contributed by atoms with Crippen LogP contribution in [0, 0.1) is 24.0 Å². The van der Waals surface area contributed by atoms with E-state index in [4.69, 9.17) is 27.9 Å². The van der Waals surface area contributed by atoms with Crippen LogP contribution in [0.2, 0.25) is 10.0 Å². The van der Waals surface area contributed by atoms with Gasteiger partial charge < -0.3 is 10.1 Å². The summed E-state index contributed by atoms with van der Waals surface area (Å²) >= 11 is 11.9. The van der Waals surface area contributed by atoms with Gasteiger partial charge in [0, 0.05) is 11.1 Å². The summed E-state index contributed by atoms with van der Waals surface area (Å²) in [7, 11) is 0. The van der Waals surface area contributed by atoms with E-state index in [-0.39, 0.29) is 23.0 Å². The summed E-state index contributed by atoms with van der Waals surface area (Å²) in [5, 5.41) is 14.3. The fourth-order valence-electron chi connectivity index (χ4n) is 2.09. The highest BCUT2D eigenvalue weighted by Gasteiger charge is 2.17. The lowest BCUT2D eigenvalue weighted by Crippen LogP contribution is -2.21. The lowest BCUT2D eigenvalue weighted by atomic mass is 10.2. The van der Waals surface area contributed by atoms with Gasteiger partial charge in [-0.2, -0.15) is 0 Å². The van der Waals surface area contributed by atoms with Gasteiger partial charge in [-0.25, -0.2) is 0 Å². The molecule has 6 nitrogen and oxygen atoms in total. The summed E-state index contributed by atoms with van der Waals surface area (Å²) in [4.78, 5) is 22.5. The van der Waals surface area contributed by atoms with Crippen LogP contribution in [0.15, 0.2) is 30.3 Å². The van der Waals surface area contributed by atoms with Crippen LogP contribution in [0.4, 0.5) is 11.4 Å². The van der Waals surface area contributed by atoms with Gasteiger partial charge in [0.1, 0.15) is 11.4 Å². The largest absolute Gasteiger partial charge is 0.482 e. The zero-order valence-electron chi connectivity index (χ0n) is 12.9. The van der Waals surface area contributed by atoms with E-state index in [9.17, 15) is 14.9 Å². The topological polar surface area (TPSA) is 81.5 Å². The molecule has 2 aromatic rings. The number of carbonyl (C=O) groups is 1. The number of hydrogen-bond acceptors (Lipinski definition) is 4. The molecular formula is C16H14Cl2N2O4. The minimum atomic E-state index is -0.552. The van der Waals surface area contributed by atoms with Crippen molar-refractivity contribution in [3.8, 4) is 5.75 Å². The fourth-order valence-corrected chi connectivity index (χ4v) is 2.74. The molecule has 0 aliphatic heterocycles. The second-order valence-corrected chi connectivity index (χ2v) is 5.99. The Hall–Kier alpha value is -2.31. The molecule has 0 aromatic heterocycles. The fraction of sp³-hybridized carbons (Fsp3) is 0.188. The van der Waals surface area contributed by atoms with Crippen molar-refractivity contribution in [1.82, 2.24) is 0 Å². The molecule has 0 unspecified atom stereocenters. The number of nitrogens with one attached hydrogen (secondary N) is 1. The lowest BCUT2D eigenvalue weighted by Gasteiger charge is -2.12. The van der Waals surface area contributed by atoms with E-state index >= 15 is 0 Å². The second kappa shape index (κ2) is 7.51. The van der Waals surface area contributed by atoms with E-state index < -0.39 is 10.8 Å². The second-order valence-electron chi connectivity index (χ2n) is 5.15. The minimum absolute atomic E-state index is 0.109. The van der Waals surface area contributed by atoms with Gasteiger partial charge in [-0.05, 0) is 43.2 Å². The van der Waals surface area contributed by atoms with Crippen LogP contribution in [0.5, 0.6) is 5.75 Å². The third kappa shape index (κ3) is 4.37. The van der Waals surface area contributed by atoms with Crippen LogP contribution in [-0.2, 0) is 4.79 Å². The zero-order chi connectivity index (χ0) is 17.9. The Morgan fingerprint density at radius 2 is 1.96 bits per heavy atom. The molecule has 1 N–H and O–H groups in total. The van der Waals surface area contributed by atoms with E-state index in [1.165, 1.54) is 18.2 Å². The molecule has 24 heavy (non-hydrogen) atoms. The van der Waals surface area contributed by atoms with Crippen molar-refractivity contribution in [2.75, 3.05) is 11.9 Å². The van der Waals surface area contributed by atoms with E-state index in [2.05, 4.69) is 5.32 Å². The van der Waals surface area contributed by atoms with Crippen molar-refractivity contribution < 1.29 is 14.5 Å². The number of anilines is 1. The highest BCUT2D eigenvalue weighted by molar-refractivity contribution is 6.35. The molecule has 126 valence electrons. The van der Waals surface area contributed by atoms with Crippen LogP contribution in [-0.4, -0.2) is 17.4 Å². The normalized spacial score (nSPS) is 10.3. The Balaban J connectivity index is 2.09. The smallest absolute Gasteiger partial charge is 0.293 e. The maximum atomic E-state index is 12.0. The van der Waals surface area contributed by atoms with Crippen molar-refractivity contribution in [2.24, 2.45) is 0 Å². The van der Waals surface area contributed by atoms with E-state index in [1.807, 2.05) is 0 Å². The van der Waals surface area contributed by atoms with Crippen molar-refractivity contribution in [2.45, 2.75) is 13.8 Å². The molecule has 0 spiro atoms. The third-order valence-corrected chi connectivity index (χ3v) is 3.66. The van der Waals surface area contributed by atoms with Gasteiger partial charge in [0.2, 0.25) is 0 Å². The molecule has 2 rings (SSSR count). The molecule has 0 aliphatic rings. The van der Waals surface area contributed by atoms with Gasteiger partial charge in [-0.3, -0.25) is 14.9 Å². The highest BCUT2D eigenvalue weighted by Crippen LogP contribution is 2.32. The van der Waals surface area contributed by atoms with Crippen molar-refractivity contribution in [3.05, 3.63) is 61.6 Å². The average Bonchev–Trinajstić information content (AvgIpc) is 2.47. The quantitative estimate of drug-likeness (QED) is 0.620. The number of ether oxygens (including phenoxy) is 1. The van der Waals surface area contributed by atoms with Gasteiger partial charge in [0.25, 0.3) is 11.6 Å². The molecule has 0 bridgehead atoms. The first kappa shape index (κ1) is 18.0. The van der Waals surface area contributed by atoms with Crippen LogP contribution in [0.25, 0.3) is 0 Å². The molecule has 0 fully saturated rings. The molecule has 0 aliphatic carbocycles. The number of nitrogens with zero attached hydrogens (tertiary/aromatic N) is 1. The lowest BCUT2D eigenvalue weighted by molar-refractivity contribution is -0.384. The molecule has 2 aromatic carbocycles. The van der Waals surface area contributed by atoms with E-state index in [0.717, 1.165) is 5.56 Å². The molecule has 0 atom stereocenters. The number of aryl methyl sites for hydroxylation is 2. The van der Waals surface area contributed by atoms with Crippen molar-refractivity contribution in [1.29, 1.82) is 0 Å². The first-order valence-electron chi connectivity index (χ1n) is 6.91. The number of amides is 1. The van der Waals surface area contributed by atoms with Crippen LogP contribution >= 0.6 is 23.2 Å². The number of carbonyl (C=O) groups excluding carboxylic acids is 1. The van der Waals surface area contributed by atoms with Crippen LogP contribution in [0.3, 0.4) is 0 Å². The highest BCUT2D eigenvalue weighted by atomic mass is 35.5. The Labute approximate surface area is 148 Å². The summed E-state index contributed by atoms with van der Waals surface area (Å²) in [5.74, 6) is -0.193. The molecule has 0 saturated heterocycles. The minimum Gasteiger partial charge on any atom is -0.482 e.